The highest BCUT2D eigenvalue weighted by Gasteiger charge is 2.54. The van der Waals surface area contributed by atoms with Crippen LogP contribution in [0, 0.1) is 0 Å². The van der Waals surface area contributed by atoms with E-state index in [1.807, 2.05) is 23.7 Å². The van der Waals surface area contributed by atoms with Gasteiger partial charge in [-0.25, -0.2) is 19.1 Å². The van der Waals surface area contributed by atoms with E-state index in [9.17, 15) is 24.3 Å². The number of aliphatic carboxylic acids is 2. The van der Waals surface area contributed by atoms with Crippen LogP contribution >= 0.6 is 34.7 Å². The smallest absolute Gasteiger partial charge is 0.352 e. The summed E-state index contributed by atoms with van der Waals surface area (Å²) in [5.74, 6) is -3.68. The van der Waals surface area contributed by atoms with Gasteiger partial charge in [-0.15, -0.1) is 11.8 Å². The quantitative estimate of drug-likeness (QED) is 0.0449. The molecule has 0 aliphatic carbocycles. The number of rotatable bonds is 13. The fourth-order valence-corrected chi connectivity index (χ4v) is 7.25. The van der Waals surface area contributed by atoms with Crippen LogP contribution in [-0.4, -0.2) is 96.0 Å². The molecule has 3 aromatic heterocycles. The number of hydrogen-bond acceptors (Lipinski definition) is 13. The van der Waals surface area contributed by atoms with Crippen molar-refractivity contribution in [3.8, 4) is 0 Å². The van der Waals surface area contributed by atoms with Crippen LogP contribution in [0.25, 0.3) is 11.2 Å². The standard InChI is InChI=1S/C26H29ClN10O7S2/c1-11(23(40)41)44-34-15(14-18(27)46-26(29)32-14)20(38)31-16-21(39)37-17(24(42)43)12(10-45-22(16)37)9-35-7-3-5-13-19(35)33-25(28)36(13)8-4-6-30-2/h3,5,7,11,16,22,28,30H,4,6,8-10H2,1-2H3,(H5,29,31,32,38,40,41,42,43)/p+1/b34-15-/t11-,16+,22+/m0/s1. The van der Waals surface area contributed by atoms with Gasteiger partial charge in [-0.3, -0.25) is 19.1 Å². The number of amides is 2. The van der Waals surface area contributed by atoms with Crippen molar-refractivity contribution in [3.05, 3.63) is 39.6 Å². The lowest BCUT2D eigenvalue weighted by Crippen LogP contribution is -2.71. The van der Waals surface area contributed by atoms with Crippen LogP contribution in [0.5, 0.6) is 0 Å². The Bertz CT molecular complexity index is 1790. The van der Waals surface area contributed by atoms with Crippen LogP contribution in [0.3, 0.4) is 0 Å². The predicted molar refractivity (Wildman–Crippen MR) is 169 cm³/mol. The molecule has 3 atom stereocenters. The van der Waals surface area contributed by atoms with Crippen LogP contribution in [-0.2, 0) is 37.1 Å². The van der Waals surface area contributed by atoms with Crippen molar-refractivity contribution in [1.29, 1.82) is 0 Å². The van der Waals surface area contributed by atoms with Gasteiger partial charge in [-0.05, 0) is 44.1 Å². The number of carbonyl (C=O) groups excluding carboxylic acids is 2. The number of pyridine rings is 1. The molecule has 0 bridgehead atoms. The van der Waals surface area contributed by atoms with Gasteiger partial charge in [0.05, 0.1) is 6.20 Å². The fourth-order valence-electron chi connectivity index (χ4n) is 4.98. The summed E-state index contributed by atoms with van der Waals surface area (Å²) in [7, 11) is 1.87. The van der Waals surface area contributed by atoms with E-state index in [1.54, 1.807) is 10.8 Å². The van der Waals surface area contributed by atoms with Gasteiger partial charge >= 0.3 is 23.5 Å². The number of nitrogens with zero attached hydrogens (tertiary/aromatic N) is 6. The Morgan fingerprint density at radius 2 is 2.07 bits per heavy atom. The summed E-state index contributed by atoms with van der Waals surface area (Å²) in [5, 5.41) is 27.9. The number of carboxylic acid groups (broad SMARTS) is 2. The lowest BCUT2D eigenvalue weighted by atomic mass is 10.0. The number of imidazole rings is 1. The third-order valence-electron chi connectivity index (χ3n) is 7.21. The van der Waals surface area contributed by atoms with Crippen LogP contribution in [0.4, 0.5) is 11.1 Å². The number of thioether (sulfide) groups is 1. The number of carbonyl (C=O) groups is 4. The molecule has 0 radical (unpaired) electrons. The summed E-state index contributed by atoms with van der Waals surface area (Å²) < 4.78 is 3.67. The topological polar surface area (TPSA) is 244 Å². The monoisotopic (exact) mass is 693 g/mol. The first-order chi connectivity index (χ1) is 21.9. The van der Waals surface area contributed by atoms with E-state index in [0.29, 0.717) is 23.7 Å². The third-order valence-corrected chi connectivity index (χ3v) is 9.63. The maximum atomic E-state index is 13.4. The Balaban J connectivity index is 1.38. The average Bonchev–Trinajstić information content (AvgIpc) is 3.52. The van der Waals surface area contributed by atoms with Crippen molar-refractivity contribution < 1.29 is 38.8 Å². The fraction of sp³-hybridized carbons (Fsp3) is 0.385. The van der Waals surface area contributed by atoms with Crippen molar-refractivity contribution in [1.82, 2.24) is 30.1 Å². The zero-order valence-electron chi connectivity index (χ0n) is 24.5. The third kappa shape index (κ3) is 6.30. The number of aryl methyl sites for hydroxylation is 1. The largest absolute Gasteiger partial charge is 0.478 e. The second-order valence-corrected chi connectivity index (χ2v) is 13.0. The van der Waals surface area contributed by atoms with Gasteiger partial charge in [0.2, 0.25) is 6.10 Å². The number of nitrogens with two attached hydrogens (primary N) is 2. The summed E-state index contributed by atoms with van der Waals surface area (Å²) in [6.07, 6.45) is 1.18. The van der Waals surface area contributed by atoms with Crippen molar-refractivity contribution in [3.63, 3.8) is 0 Å². The van der Waals surface area contributed by atoms with Gasteiger partial charge in [0.1, 0.15) is 39.2 Å². The molecule has 17 nitrogen and oxygen atoms in total. The molecule has 0 spiro atoms. The Morgan fingerprint density at radius 3 is 2.72 bits per heavy atom. The number of aromatic nitrogens is 4. The zero-order valence-corrected chi connectivity index (χ0v) is 26.9. The van der Waals surface area contributed by atoms with Crippen molar-refractivity contribution >= 4 is 86.4 Å². The molecule has 0 aromatic carbocycles. The number of thiazole rings is 1. The number of oxime groups is 1. The Morgan fingerprint density at radius 1 is 1.30 bits per heavy atom. The minimum Gasteiger partial charge on any atom is -0.478 e. The van der Waals surface area contributed by atoms with E-state index in [1.165, 1.54) is 18.7 Å². The molecular weight excluding hydrogens is 664 g/mol. The van der Waals surface area contributed by atoms with Gasteiger partial charge in [-0.2, -0.15) is 0 Å². The summed E-state index contributed by atoms with van der Waals surface area (Å²) >= 11 is 8.30. The lowest BCUT2D eigenvalue weighted by Gasteiger charge is -2.49. The predicted octanol–water partition coefficient (Wildman–Crippen LogP) is -0.160. The number of hydrogen-bond donors (Lipinski definition) is 6. The van der Waals surface area contributed by atoms with Crippen LogP contribution in [0.15, 0.2) is 34.8 Å². The SMILES string of the molecule is CNCCCn1c(N)nc2c1ccc[n+]2CC1=C(C(=O)O)N2C(=O)[C@@H](NC(=O)/C(=N\O[C@@H](C)C(=O)O)c3nc(N)sc3Cl)[C@H]2SC1. The minimum absolute atomic E-state index is 0.00982. The Hall–Kier alpha value is -4.46. The van der Waals surface area contributed by atoms with E-state index >= 15 is 0 Å². The first-order valence-electron chi connectivity index (χ1n) is 13.8. The van der Waals surface area contributed by atoms with Crippen molar-refractivity contribution in [2.75, 3.05) is 30.8 Å². The first-order valence-corrected chi connectivity index (χ1v) is 16.1. The van der Waals surface area contributed by atoms with Crippen molar-refractivity contribution in [2.45, 2.75) is 44.0 Å². The maximum Gasteiger partial charge on any atom is 0.352 e. The molecule has 244 valence electrons. The molecule has 3 aromatic rings. The molecule has 0 saturated carbocycles. The molecule has 0 unspecified atom stereocenters. The number of halogens is 1. The summed E-state index contributed by atoms with van der Waals surface area (Å²) in [6, 6.07) is 2.58. The van der Waals surface area contributed by atoms with E-state index in [0.717, 1.165) is 34.7 Å². The molecule has 5 rings (SSSR count). The molecule has 1 saturated heterocycles. The molecule has 2 amide bonds. The highest BCUT2D eigenvalue weighted by Crippen LogP contribution is 2.40. The van der Waals surface area contributed by atoms with Crippen LogP contribution in [0.2, 0.25) is 4.34 Å². The highest BCUT2D eigenvalue weighted by molar-refractivity contribution is 8.00. The van der Waals surface area contributed by atoms with Gasteiger partial charge in [0.15, 0.2) is 10.8 Å². The number of anilines is 2. The van der Waals surface area contributed by atoms with Gasteiger partial charge in [0, 0.05) is 17.9 Å². The van der Waals surface area contributed by atoms with E-state index < -0.39 is 47.0 Å². The number of nitrogens with one attached hydrogen (secondary N) is 2. The summed E-state index contributed by atoms with van der Waals surface area (Å²) in [6.45, 7) is 2.77. The molecule has 5 heterocycles. The second kappa shape index (κ2) is 13.5. The normalized spacial score (nSPS) is 18.7. The van der Waals surface area contributed by atoms with E-state index in [2.05, 4.69) is 25.8 Å². The molecule has 2 aliphatic rings. The molecule has 1 fully saturated rings. The summed E-state index contributed by atoms with van der Waals surface area (Å²) in [5.41, 5.74) is 12.9. The second-order valence-electron chi connectivity index (χ2n) is 10.2. The minimum atomic E-state index is -1.42. The summed E-state index contributed by atoms with van der Waals surface area (Å²) in [4.78, 5) is 65.0. The number of β-lactam (4-membered cyclic amide) rings is 1. The number of fused-ring (bicyclic) bond motifs is 2. The average molecular weight is 694 g/mol. The molecular formula is C26H30ClN10O7S2+. The molecule has 46 heavy (non-hydrogen) atoms. The van der Waals surface area contributed by atoms with Gasteiger partial charge in [-0.1, -0.05) is 28.1 Å². The van der Waals surface area contributed by atoms with E-state index in [4.69, 9.17) is 33.0 Å². The highest BCUT2D eigenvalue weighted by atomic mass is 35.5. The van der Waals surface area contributed by atoms with Gasteiger partial charge < -0.3 is 37.2 Å². The Kier molecular flexibility index (Phi) is 9.66. The van der Waals surface area contributed by atoms with Crippen LogP contribution in [0.1, 0.15) is 19.0 Å². The van der Waals surface area contributed by atoms with Crippen LogP contribution < -0.4 is 26.7 Å². The van der Waals surface area contributed by atoms with E-state index in [-0.39, 0.29) is 33.2 Å². The van der Waals surface area contributed by atoms with Gasteiger partial charge in [0.25, 0.3) is 11.8 Å². The molecule has 20 heteroatoms. The zero-order chi connectivity index (χ0) is 33.3. The maximum absolute atomic E-state index is 13.4. The number of nitrogen functional groups attached to an aromatic ring is 2. The molecule has 8 N–H and O–H groups in total. The first kappa shape index (κ1) is 32.9. The van der Waals surface area contributed by atoms with Crippen molar-refractivity contribution in [2.24, 2.45) is 5.16 Å². The molecule has 2 aliphatic heterocycles. The number of carboxylic acids is 2. The Labute approximate surface area is 274 Å². The lowest BCUT2D eigenvalue weighted by molar-refractivity contribution is -0.664.